The lowest BCUT2D eigenvalue weighted by Crippen LogP contribution is -2.48. The van der Waals surface area contributed by atoms with Crippen LogP contribution < -0.4 is 15.4 Å². The van der Waals surface area contributed by atoms with E-state index in [-0.39, 0.29) is 29.7 Å². The number of piperidine rings is 1. The predicted molar refractivity (Wildman–Crippen MR) is 134 cm³/mol. The van der Waals surface area contributed by atoms with Gasteiger partial charge in [0.2, 0.25) is 0 Å². The van der Waals surface area contributed by atoms with Crippen LogP contribution in [-0.4, -0.2) is 48.1 Å². The fourth-order valence-corrected chi connectivity index (χ4v) is 3.56. The second kappa shape index (κ2) is 13.5. The average molecular weight is 541 g/mol. The molecule has 1 fully saturated rings. The maximum atomic E-state index is 14.5. The fraction of sp³-hybridized carbons (Fsp3) is 0.478. The minimum atomic E-state index is -0.409. The van der Waals surface area contributed by atoms with E-state index in [9.17, 15) is 4.39 Å². The molecule has 1 aliphatic rings. The van der Waals surface area contributed by atoms with Crippen LogP contribution in [0.4, 0.5) is 4.39 Å². The molecule has 1 aromatic carbocycles. The summed E-state index contributed by atoms with van der Waals surface area (Å²) in [6, 6.07) is 8.86. The average Bonchev–Trinajstić information content (AvgIpc) is 2.76. The maximum Gasteiger partial charge on any atom is 0.191 e. The van der Waals surface area contributed by atoms with E-state index >= 15 is 0 Å². The SMILES string of the molecule is CCCN1CCC(NC(=NCc2ccc(Oc3cccnc3)c(F)c2)NCC)CC1.I. The van der Waals surface area contributed by atoms with Gasteiger partial charge in [-0.25, -0.2) is 9.38 Å². The molecular weight excluding hydrogens is 508 g/mol. The summed E-state index contributed by atoms with van der Waals surface area (Å²) in [4.78, 5) is 11.1. The van der Waals surface area contributed by atoms with Crippen LogP contribution in [0.1, 0.15) is 38.7 Å². The third kappa shape index (κ3) is 8.25. The number of nitrogens with one attached hydrogen (secondary N) is 2. The van der Waals surface area contributed by atoms with Crippen molar-refractivity contribution in [1.29, 1.82) is 0 Å². The van der Waals surface area contributed by atoms with Gasteiger partial charge in [-0.3, -0.25) is 4.98 Å². The van der Waals surface area contributed by atoms with Crippen LogP contribution in [-0.2, 0) is 6.54 Å². The minimum Gasteiger partial charge on any atom is -0.453 e. The van der Waals surface area contributed by atoms with Crippen molar-refractivity contribution in [3.63, 3.8) is 0 Å². The standard InChI is InChI=1S/C23H32FN5O.HI/c1-3-12-29-13-9-19(10-14-29)28-23(26-4-2)27-16-18-7-8-22(21(24)15-18)30-20-6-5-11-25-17-20;/h5-8,11,15,17,19H,3-4,9-10,12-14,16H2,1-2H3,(H2,26,27,28);1H. The lowest BCUT2D eigenvalue weighted by molar-refractivity contribution is 0.206. The molecule has 1 aromatic heterocycles. The number of aromatic nitrogens is 1. The molecule has 31 heavy (non-hydrogen) atoms. The Hall–Kier alpha value is -1.94. The van der Waals surface area contributed by atoms with E-state index in [0.717, 1.165) is 44.0 Å². The normalized spacial score (nSPS) is 15.3. The Labute approximate surface area is 201 Å². The smallest absolute Gasteiger partial charge is 0.191 e. The summed E-state index contributed by atoms with van der Waals surface area (Å²) in [5.41, 5.74) is 0.793. The molecule has 3 rings (SSSR count). The van der Waals surface area contributed by atoms with Gasteiger partial charge < -0.3 is 20.3 Å². The van der Waals surface area contributed by atoms with E-state index in [1.807, 2.05) is 13.0 Å². The van der Waals surface area contributed by atoms with Crippen LogP contribution in [0.15, 0.2) is 47.7 Å². The van der Waals surface area contributed by atoms with Gasteiger partial charge in [0.25, 0.3) is 0 Å². The number of guanidine groups is 1. The first kappa shape index (κ1) is 25.3. The Kier molecular flexibility index (Phi) is 11.0. The number of likely N-dealkylation sites (tertiary alicyclic amines) is 1. The van der Waals surface area contributed by atoms with Crippen LogP contribution in [0.2, 0.25) is 0 Å². The molecule has 0 atom stereocenters. The Morgan fingerprint density at radius 3 is 2.71 bits per heavy atom. The molecular formula is C23H33FIN5O. The summed E-state index contributed by atoms with van der Waals surface area (Å²) in [5.74, 6) is 1.06. The van der Waals surface area contributed by atoms with Gasteiger partial charge in [0, 0.05) is 31.9 Å². The fourth-order valence-electron chi connectivity index (χ4n) is 3.56. The van der Waals surface area contributed by atoms with Crippen molar-refractivity contribution in [2.75, 3.05) is 26.2 Å². The summed E-state index contributed by atoms with van der Waals surface area (Å²) in [6.07, 6.45) is 6.62. The van der Waals surface area contributed by atoms with Gasteiger partial charge in [-0.05, 0) is 62.6 Å². The van der Waals surface area contributed by atoms with Crippen molar-refractivity contribution in [3.05, 3.63) is 54.1 Å². The molecule has 6 nitrogen and oxygen atoms in total. The highest BCUT2D eigenvalue weighted by Gasteiger charge is 2.19. The zero-order valence-electron chi connectivity index (χ0n) is 18.3. The number of benzene rings is 1. The lowest BCUT2D eigenvalue weighted by Gasteiger charge is -2.32. The molecule has 170 valence electrons. The van der Waals surface area contributed by atoms with Crippen molar-refractivity contribution >= 4 is 29.9 Å². The first-order chi connectivity index (χ1) is 14.7. The first-order valence-electron chi connectivity index (χ1n) is 10.8. The van der Waals surface area contributed by atoms with Gasteiger partial charge in [-0.15, -0.1) is 24.0 Å². The summed E-state index contributed by atoms with van der Waals surface area (Å²) in [7, 11) is 0. The molecule has 0 bridgehead atoms. The molecule has 8 heteroatoms. The third-order valence-electron chi connectivity index (χ3n) is 5.09. The molecule has 1 aliphatic heterocycles. The van der Waals surface area contributed by atoms with Gasteiger partial charge in [0.15, 0.2) is 17.5 Å². The molecule has 0 spiro atoms. The van der Waals surface area contributed by atoms with E-state index in [4.69, 9.17) is 4.74 Å². The van der Waals surface area contributed by atoms with Gasteiger partial charge >= 0.3 is 0 Å². The Morgan fingerprint density at radius 2 is 2.06 bits per heavy atom. The second-order valence-corrected chi connectivity index (χ2v) is 7.51. The van der Waals surface area contributed by atoms with Crippen LogP contribution in [0.3, 0.4) is 0 Å². The number of ether oxygens (including phenoxy) is 1. The van der Waals surface area contributed by atoms with Crippen molar-refractivity contribution in [2.24, 2.45) is 4.99 Å². The predicted octanol–water partition coefficient (Wildman–Crippen LogP) is 4.56. The number of hydrogen-bond donors (Lipinski definition) is 2. The molecule has 0 radical (unpaired) electrons. The highest BCUT2D eigenvalue weighted by atomic mass is 127. The summed E-state index contributed by atoms with van der Waals surface area (Å²) in [5, 5.41) is 6.83. The number of halogens is 2. The third-order valence-corrected chi connectivity index (χ3v) is 5.09. The highest BCUT2D eigenvalue weighted by Crippen LogP contribution is 2.24. The Bertz CT molecular complexity index is 813. The zero-order valence-corrected chi connectivity index (χ0v) is 20.6. The number of rotatable bonds is 8. The number of pyridine rings is 1. The van der Waals surface area contributed by atoms with Crippen molar-refractivity contribution < 1.29 is 9.13 Å². The lowest BCUT2D eigenvalue weighted by atomic mass is 10.1. The van der Waals surface area contributed by atoms with Crippen molar-refractivity contribution in [1.82, 2.24) is 20.5 Å². The van der Waals surface area contributed by atoms with Gasteiger partial charge in [0.1, 0.15) is 5.75 Å². The number of nitrogens with zero attached hydrogens (tertiary/aromatic N) is 3. The highest BCUT2D eigenvalue weighted by molar-refractivity contribution is 14.0. The zero-order chi connectivity index (χ0) is 21.2. The van der Waals surface area contributed by atoms with Crippen LogP contribution in [0.25, 0.3) is 0 Å². The molecule has 0 amide bonds. The molecule has 0 aliphatic carbocycles. The van der Waals surface area contributed by atoms with Gasteiger partial charge in [-0.1, -0.05) is 13.0 Å². The molecule has 0 unspecified atom stereocenters. The Morgan fingerprint density at radius 1 is 1.26 bits per heavy atom. The second-order valence-electron chi connectivity index (χ2n) is 7.51. The molecule has 0 saturated carbocycles. The van der Waals surface area contributed by atoms with Gasteiger partial charge in [-0.2, -0.15) is 0 Å². The van der Waals surface area contributed by atoms with E-state index in [1.54, 1.807) is 30.6 Å². The number of aliphatic imine (C=N–C) groups is 1. The molecule has 2 aromatic rings. The number of hydrogen-bond acceptors (Lipinski definition) is 4. The van der Waals surface area contributed by atoms with Crippen LogP contribution >= 0.6 is 24.0 Å². The van der Waals surface area contributed by atoms with E-state index in [2.05, 4.69) is 32.4 Å². The quantitative estimate of drug-likeness (QED) is 0.292. The van der Waals surface area contributed by atoms with Crippen LogP contribution in [0, 0.1) is 5.82 Å². The van der Waals surface area contributed by atoms with E-state index in [1.165, 1.54) is 19.0 Å². The van der Waals surface area contributed by atoms with Crippen molar-refractivity contribution in [2.45, 2.75) is 45.7 Å². The maximum absolute atomic E-state index is 14.5. The van der Waals surface area contributed by atoms with E-state index in [0.29, 0.717) is 18.3 Å². The summed E-state index contributed by atoms with van der Waals surface area (Å²) >= 11 is 0. The van der Waals surface area contributed by atoms with Gasteiger partial charge in [0.05, 0.1) is 12.7 Å². The minimum absolute atomic E-state index is 0. The van der Waals surface area contributed by atoms with E-state index < -0.39 is 5.82 Å². The summed E-state index contributed by atoms with van der Waals surface area (Å²) < 4.78 is 20.0. The van der Waals surface area contributed by atoms with Crippen LogP contribution in [0.5, 0.6) is 11.5 Å². The monoisotopic (exact) mass is 541 g/mol. The Balaban J connectivity index is 0.00000341. The first-order valence-corrected chi connectivity index (χ1v) is 10.8. The largest absolute Gasteiger partial charge is 0.453 e. The molecule has 2 heterocycles. The topological polar surface area (TPSA) is 61.8 Å². The summed E-state index contributed by atoms with van der Waals surface area (Å²) in [6.45, 7) is 8.86. The molecule has 1 saturated heterocycles. The van der Waals surface area contributed by atoms with Crippen molar-refractivity contribution in [3.8, 4) is 11.5 Å². The molecule has 2 N–H and O–H groups in total.